The highest BCUT2D eigenvalue weighted by molar-refractivity contribution is 7.22. The van der Waals surface area contributed by atoms with Gasteiger partial charge in [0.25, 0.3) is 11.8 Å². The van der Waals surface area contributed by atoms with Crippen molar-refractivity contribution in [3.05, 3.63) is 89.0 Å². The molecule has 0 saturated heterocycles. The van der Waals surface area contributed by atoms with E-state index in [1.165, 1.54) is 0 Å². The molecule has 10 heteroatoms. The summed E-state index contributed by atoms with van der Waals surface area (Å²) in [5.41, 5.74) is 0.779. The van der Waals surface area contributed by atoms with Crippen molar-refractivity contribution in [2.75, 3.05) is 10.6 Å². The molecule has 0 aliphatic rings. The number of halogens is 4. The van der Waals surface area contributed by atoms with Crippen LogP contribution in [0.3, 0.4) is 0 Å². The monoisotopic (exact) mass is 445 g/mol. The van der Waals surface area contributed by atoms with E-state index >= 15 is 0 Å². The van der Waals surface area contributed by atoms with Gasteiger partial charge in [-0.25, -0.2) is 22.5 Å². The number of aromatic nitrogens is 1. The summed E-state index contributed by atoms with van der Waals surface area (Å²) in [7, 11) is 0. The van der Waals surface area contributed by atoms with Crippen LogP contribution in [0.15, 0.2) is 54.6 Å². The van der Waals surface area contributed by atoms with E-state index in [9.17, 15) is 27.2 Å². The first-order valence-corrected chi connectivity index (χ1v) is 9.55. The molecule has 0 aliphatic heterocycles. The molecule has 156 valence electrons. The molecule has 0 radical (unpaired) electrons. The molecule has 0 saturated carbocycles. The second-order valence-electron chi connectivity index (χ2n) is 6.37. The van der Waals surface area contributed by atoms with Crippen LogP contribution < -0.4 is 10.6 Å². The lowest BCUT2D eigenvalue weighted by Gasteiger charge is -2.05. The number of nitrogens with one attached hydrogen (secondary N) is 2. The topological polar surface area (TPSA) is 71.1 Å². The van der Waals surface area contributed by atoms with Gasteiger partial charge in [-0.05, 0) is 54.6 Å². The van der Waals surface area contributed by atoms with Crippen LogP contribution in [0, 0.1) is 23.3 Å². The number of benzene rings is 3. The van der Waals surface area contributed by atoms with E-state index in [2.05, 4.69) is 15.6 Å². The minimum absolute atomic E-state index is 0.0530. The van der Waals surface area contributed by atoms with Crippen LogP contribution >= 0.6 is 11.3 Å². The quantitative estimate of drug-likeness (QED) is 0.416. The zero-order valence-electron chi connectivity index (χ0n) is 15.4. The highest BCUT2D eigenvalue weighted by Gasteiger charge is 2.14. The summed E-state index contributed by atoms with van der Waals surface area (Å²) in [6, 6.07) is 10.3. The number of nitrogens with zero attached hydrogens (tertiary/aromatic N) is 1. The van der Waals surface area contributed by atoms with Gasteiger partial charge < -0.3 is 5.32 Å². The number of thiazole rings is 1. The van der Waals surface area contributed by atoms with Crippen LogP contribution in [0.4, 0.5) is 28.4 Å². The van der Waals surface area contributed by atoms with Crippen molar-refractivity contribution in [1.82, 2.24) is 4.98 Å². The maximum absolute atomic E-state index is 13.3. The number of rotatable bonds is 4. The van der Waals surface area contributed by atoms with Crippen LogP contribution in [0.5, 0.6) is 0 Å². The molecule has 1 heterocycles. The fourth-order valence-electron chi connectivity index (χ4n) is 2.70. The fourth-order valence-corrected chi connectivity index (χ4v) is 3.60. The minimum Gasteiger partial charge on any atom is -0.322 e. The summed E-state index contributed by atoms with van der Waals surface area (Å²) < 4.78 is 53.3. The average Bonchev–Trinajstić information content (AvgIpc) is 3.13. The zero-order chi connectivity index (χ0) is 22.1. The minimum atomic E-state index is -1.14. The Bertz CT molecular complexity index is 1280. The number of amides is 2. The molecule has 2 amide bonds. The lowest BCUT2D eigenvalue weighted by molar-refractivity contribution is 0.101. The third kappa shape index (κ3) is 4.38. The summed E-state index contributed by atoms with van der Waals surface area (Å²) in [6.45, 7) is 0. The maximum Gasteiger partial charge on any atom is 0.257 e. The molecule has 5 nitrogen and oxygen atoms in total. The Morgan fingerprint density at radius 3 is 1.87 bits per heavy atom. The molecule has 4 aromatic rings. The molecule has 1 aromatic heterocycles. The van der Waals surface area contributed by atoms with Gasteiger partial charge in [0.05, 0.1) is 10.2 Å². The standard InChI is InChI=1S/C21H11F4N3O2S/c22-13-4-1-10(7-15(13)24)19(29)26-12-3-6-17-18(9-12)31-21(27-17)28-20(30)11-2-5-14(23)16(25)8-11/h1-9H,(H,26,29)(H,27,28,30). The lowest BCUT2D eigenvalue weighted by Crippen LogP contribution is -2.12. The Hall–Kier alpha value is -3.79. The number of fused-ring (bicyclic) bond motifs is 1. The van der Waals surface area contributed by atoms with Gasteiger partial charge in [0.15, 0.2) is 28.4 Å². The molecule has 31 heavy (non-hydrogen) atoms. The number of carbonyl (C=O) groups excluding carboxylic acids is 2. The highest BCUT2D eigenvalue weighted by Crippen LogP contribution is 2.29. The van der Waals surface area contributed by atoms with Crippen molar-refractivity contribution in [3.8, 4) is 0 Å². The van der Waals surface area contributed by atoms with Gasteiger partial charge in [-0.3, -0.25) is 14.9 Å². The molecular weight excluding hydrogens is 434 g/mol. The molecular formula is C21H11F4N3O2S. The Morgan fingerprint density at radius 2 is 1.29 bits per heavy atom. The molecule has 4 rings (SSSR count). The normalized spacial score (nSPS) is 10.8. The Morgan fingerprint density at radius 1 is 0.710 bits per heavy atom. The highest BCUT2D eigenvalue weighted by atomic mass is 32.1. The molecule has 0 spiro atoms. The third-order valence-electron chi connectivity index (χ3n) is 4.23. The van der Waals surface area contributed by atoms with Gasteiger partial charge in [0.1, 0.15) is 0 Å². The van der Waals surface area contributed by atoms with Crippen molar-refractivity contribution in [1.29, 1.82) is 0 Å². The fraction of sp³-hybridized carbons (Fsp3) is 0. The van der Waals surface area contributed by atoms with Crippen molar-refractivity contribution in [2.24, 2.45) is 0 Å². The number of hydrogen-bond donors (Lipinski definition) is 2. The van der Waals surface area contributed by atoms with Gasteiger partial charge in [-0.1, -0.05) is 11.3 Å². The largest absolute Gasteiger partial charge is 0.322 e. The van der Waals surface area contributed by atoms with Crippen LogP contribution in [0.1, 0.15) is 20.7 Å². The summed E-state index contributed by atoms with van der Waals surface area (Å²) in [5, 5.41) is 5.29. The van der Waals surface area contributed by atoms with Gasteiger partial charge in [0.2, 0.25) is 0 Å². The summed E-state index contributed by atoms with van der Waals surface area (Å²) >= 11 is 1.10. The molecule has 0 aliphatic carbocycles. The summed E-state index contributed by atoms with van der Waals surface area (Å²) in [6.07, 6.45) is 0. The van der Waals surface area contributed by atoms with Crippen molar-refractivity contribution in [2.45, 2.75) is 0 Å². The van der Waals surface area contributed by atoms with E-state index in [4.69, 9.17) is 0 Å². The number of carbonyl (C=O) groups is 2. The van der Waals surface area contributed by atoms with E-state index in [0.29, 0.717) is 15.9 Å². The molecule has 2 N–H and O–H groups in total. The second kappa shape index (κ2) is 8.15. The van der Waals surface area contributed by atoms with E-state index in [0.717, 1.165) is 47.7 Å². The van der Waals surface area contributed by atoms with Crippen LogP contribution in [0.25, 0.3) is 10.2 Å². The number of anilines is 2. The van der Waals surface area contributed by atoms with Gasteiger partial charge in [-0.15, -0.1) is 0 Å². The molecule has 0 atom stereocenters. The lowest BCUT2D eigenvalue weighted by atomic mass is 10.2. The Balaban J connectivity index is 1.51. The van der Waals surface area contributed by atoms with Crippen molar-refractivity contribution in [3.63, 3.8) is 0 Å². The predicted octanol–water partition coefficient (Wildman–Crippen LogP) is 5.36. The van der Waals surface area contributed by atoms with Crippen LogP contribution in [0.2, 0.25) is 0 Å². The van der Waals surface area contributed by atoms with Gasteiger partial charge >= 0.3 is 0 Å². The molecule has 0 unspecified atom stereocenters. The second-order valence-corrected chi connectivity index (χ2v) is 7.40. The average molecular weight is 445 g/mol. The first-order chi connectivity index (χ1) is 14.8. The van der Waals surface area contributed by atoms with E-state index in [1.807, 2.05) is 0 Å². The van der Waals surface area contributed by atoms with Crippen molar-refractivity contribution >= 4 is 44.2 Å². The Kier molecular flexibility index (Phi) is 5.38. The van der Waals surface area contributed by atoms with Crippen LogP contribution in [-0.2, 0) is 0 Å². The van der Waals surface area contributed by atoms with Crippen LogP contribution in [-0.4, -0.2) is 16.8 Å². The smallest absolute Gasteiger partial charge is 0.257 e. The third-order valence-corrected chi connectivity index (χ3v) is 5.16. The predicted molar refractivity (Wildman–Crippen MR) is 108 cm³/mol. The summed E-state index contributed by atoms with van der Waals surface area (Å²) in [4.78, 5) is 28.7. The van der Waals surface area contributed by atoms with E-state index < -0.39 is 35.1 Å². The molecule has 0 bridgehead atoms. The number of hydrogen-bond acceptors (Lipinski definition) is 4. The Labute approximate surface area is 176 Å². The van der Waals surface area contributed by atoms with Gasteiger partial charge in [0, 0.05) is 16.8 Å². The molecule has 0 fully saturated rings. The SMILES string of the molecule is O=C(Nc1ccc2nc(NC(=O)c3ccc(F)c(F)c3)sc2c1)c1ccc(F)c(F)c1. The van der Waals surface area contributed by atoms with E-state index in [-0.39, 0.29) is 16.3 Å². The zero-order valence-corrected chi connectivity index (χ0v) is 16.2. The maximum atomic E-state index is 13.3. The van der Waals surface area contributed by atoms with Crippen molar-refractivity contribution < 1.29 is 27.2 Å². The first kappa shape index (κ1) is 20.5. The molecule has 3 aromatic carbocycles. The van der Waals surface area contributed by atoms with E-state index in [1.54, 1.807) is 18.2 Å². The summed E-state index contributed by atoms with van der Waals surface area (Å²) in [5.74, 6) is -5.68. The van der Waals surface area contributed by atoms with Gasteiger partial charge in [-0.2, -0.15) is 0 Å². The first-order valence-electron chi connectivity index (χ1n) is 8.73.